The fraction of sp³-hybridized carbons (Fsp3) is 0.533. The Labute approximate surface area is 127 Å². The summed E-state index contributed by atoms with van der Waals surface area (Å²) in [4.78, 5) is 11.3. The molecule has 0 aromatic heterocycles. The van der Waals surface area contributed by atoms with Crippen LogP contribution in [0, 0.1) is 0 Å². The lowest BCUT2D eigenvalue weighted by Crippen LogP contribution is -2.25. The minimum absolute atomic E-state index is 0. The molecule has 0 aliphatic carbocycles. The van der Waals surface area contributed by atoms with Gasteiger partial charge >= 0.3 is 0 Å². The molecule has 0 aliphatic rings. The number of nitrogens with two attached hydrogens (primary N) is 1. The normalized spacial score (nSPS) is 11.5. The van der Waals surface area contributed by atoms with Gasteiger partial charge in [0.05, 0.1) is 6.10 Å². The van der Waals surface area contributed by atoms with Crippen LogP contribution in [0.3, 0.4) is 0 Å². The van der Waals surface area contributed by atoms with E-state index in [0.29, 0.717) is 26.1 Å². The van der Waals surface area contributed by atoms with Crippen LogP contribution in [0.15, 0.2) is 30.3 Å². The largest absolute Gasteiger partial charge is 0.374 e. The van der Waals surface area contributed by atoms with Crippen LogP contribution in [0.5, 0.6) is 0 Å². The van der Waals surface area contributed by atoms with Gasteiger partial charge in [-0.25, -0.2) is 0 Å². The van der Waals surface area contributed by atoms with Crippen LogP contribution in [0.1, 0.15) is 37.9 Å². The summed E-state index contributed by atoms with van der Waals surface area (Å²) in [6.45, 7) is 3.90. The molecule has 114 valence electrons. The van der Waals surface area contributed by atoms with Crippen molar-refractivity contribution in [1.29, 1.82) is 0 Å². The van der Waals surface area contributed by atoms with E-state index in [4.69, 9.17) is 10.5 Å². The van der Waals surface area contributed by atoms with Gasteiger partial charge in [0.25, 0.3) is 0 Å². The Morgan fingerprint density at radius 1 is 1.30 bits per heavy atom. The van der Waals surface area contributed by atoms with Crippen molar-refractivity contribution in [3.8, 4) is 0 Å². The van der Waals surface area contributed by atoms with E-state index in [0.717, 1.165) is 12.8 Å². The molecule has 1 atom stereocenters. The van der Waals surface area contributed by atoms with Gasteiger partial charge in [0, 0.05) is 19.6 Å². The molecule has 1 amide bonds. The van der Waals surface area contributed by atoms with E-state index in [2.05, 4.69) is 17.4 Å². The van der Waals surface area contributed by atoms with Gasteiger partial charge in [0.15, 0.2) is 0 Å². The molecule has 0 saturated heterocycles. The van der Waals surface area contributed by atoms with E-state index < -0.39 is 0 Å². The van der Waals surface area contributed by atoms with Crippen molar-refractivity contribution in [1.82, 2.24) is 5.32 Å². The van der Waals surface area contributed by atoms with E-state index in [1.54, 1.807) is 0 Å². The number of benzene rings is 1. The molecule has 4 nitrogen and oxygen atoms in total. The molecule has 1 unspecified atom stereocenters. The van der Waals surface area contributed by atoms with Crippen LogP contribution in [-0.2, 0) is 9.53 Å². The number of carbonyl (C=O) groups is 1. The Hall–Kier alpha value is -1.10. The molecule has 0 fully saturated rings. The molecule has 0 spiro atoms. The van der Waals surface area contributed by atoms with Crippen LogP contribution < -0.4 is 11.1 Å². The summed E-state index contributed by atoms with van der Waals surface area (Å²) in [5, 5.41) is 2.86. The van der Waals surface area contributed by atoms with Crippen molar-refractivity contribution < 1.29 is 9.53 Å². The Morgan fingerprint density at radius 2 is 2.00 bits per heavy atom. The van der Waals surface area contributed by atoms with Crippen molar-refractivity contribution in [3.05, 3.63) is 35.9 Å². The quantitative estimate of drug-likeness (QED) is 0.689. The molecule has 0 saturated carbocycles. The predicted molar refractivity (Wildman–Crippen MR) is 84.0 cm³/mol. The van der Waals surface area contributed by atoms with Gasteiger partial charge in [0.2, 0.25) is 5.91 Å². The first-order chi connectivity index (χ1) is 9.24. The van der Waals surface area contributed by atoms with Gasteiger partial charge in [-0.05, 0) is 31.9 Å². The van der Waals surface area contributed by atoms with E-state index in [1.165, 1.54) is 5.56 Å². The second kappa shape index (κ2) is 11.7. The number of rotatable bonds is 9. The number of hydrogen-bond acceptors (Lipinski definition) is 3. The maximum absolute atomic E-state index is 11.3. The summed E-state index contributed by atoms with van der Waals surface area (Å²) in [6.07, 6.45) is 2.17. The fourth-order valence-electron chi connectivity index (χ4n) is 1.73. The lowest BCUT2D eigenvalue weighted by Gasteiger charge is -2.13. The van der Waals surface area contributed by atoms with Crippen LogP contribution in [-0.4, -0.2) is 25.6 Å². The van der Waals surface area contributed by atoms with Gasteiger partial charge in [-0.1, -0.05) is 30.3 Å². The minimum atomic E-state index is 0. The van der Waals surface area contributed by atoms with Crippen molar-refractivity contribution in [2.24, 2.45) is 5.73 Å². The first kappa shape index (κ1) is 18.9. The van der Waals surface area contributed by atoms with E-state index in [1.807, 2.05) is 25.1 Å². The number of ether oxygens (including phenoxy) is 1. The smallest absolute Gasteiger partial charge is 0.220 e. The number of hydrogen-bond donors (Lipinski definition) is 2. The highest BCUT2D eigenvalue weighted by molar-refractivity contribution is 5.85. The van der Waals surface area contributed by atoms with Crippen molar-refractivity contribution >= 4 is 18.3 Å². The number of halogens is 1. The van der Waals surface area contributed by atoms with E-state index >= 15 is 0 Å². The summed E-state index contributed by atoms with van der Waals surface area (Å²) in [5.41, 5.74) is 6.52. The summed E-state index contributed by atoms with van der Waals surface area (Å²) in [6, 6.07) is 10.1. The number of amides is 1. The second-order valence-corrected chi connectivity index (χ2v) is 4.52. The molecule has 0 radical (unpaired) electrons. The zero-order chi connectivity index (χ0) is 13.9. The summed E-state index contributed by atoms with van der Waals surface area (Å²) < 4.78 is 5.72. The lowest BCUT2D eigenvalue weighted by molar-refractivity contribution is -0.121. The average Bonchev–Trinajstić information content (AvgIpc) is 2.45. The van der Waals surface area contributed by atoms with Crippen LogP contribution in [0.25, 0.3) is 0 Å². The van der Waals surface area contributed by atoms with E-state index in [9.17, 15) is 4.79 Å². The highest BCUT2D eigenvalue weighted by atomic mass is 35.5. The highest BCUT2D eigenvalue weighted by Gasteiger charge is 2.04. The zero-order valence-electron chi connectivity index (χ0n) is 12.0. The first-order valence-electron chi connectivity index (χ1n) is 6.87. The molecule has 3 N–H and O–H groups in total. The Kier molecular flexibility index (Phi) is 11.1. The molecule has 0 aliphatic heterocycles. The third-order valence-electron chi connectivity index (χ3n) is 2.89. The second-order valence-electron chi connectivity index (χ2n) is 4.52. The van der Waals surface area contributed by atoms with Crippen LogP contribution in [0.4, 0.5) is 0 Å². The molecule has 1 aromatic rings. The molecule has 1 aromatic carbocycles. The zero-order valence-corrected chi connectivity index (χ0v) is 12.8. The van der Waals surface area contributed by atoms with Gasteiger partial charge in [-0.15, -0.1) is 12.4 Å². The van der Waals surface area contributed by atoms with Crippen molar-refractivity contribution in [2.45, 2.75) is 32.3 Å². The van der Waals surface area contributed by atoms with E-state index in [-0.39, 0.29) is 24.4 Å². The third kappa shape index (κ3) is 8.15. The minimum Gasteiger partial charge on any atom is -0.374 e. The molecule has 0 bridgehead atoms. The fourth-order valence-corrected chi connectivity index (χ4v) is 1.73. The third-order valence-corrected chi connectivity index (χ3v) is 2.89. The maximum Gasteiger partial charge on any atom is 0.220 e. The SMILES string of the molecule is CC(OCCCNC(=O)CCCN)c1ccccc1.Cl. The summed E-state index contributed by atoms with van der Waals surface area (Å²) in [5.74, 6) is 0.0709. The van der Waals surface area contributed by atoms with Crippen LogP contribution in [0.2, 0.25) is 0 Å². The number of carbonyl (C=O) groups excluding carboxylic acids is 1. The molecular formula is C15H25ClN2O2. The molecule has 1 rings (SSSR count). The Morgan fingerprint density at radius 3 is 2.65 bits per heavy atom. The highest BCUT2D eigenvalue weighted by Crippen LogP contribution is 2.15. The predicted octanol–water partition coefficient (Wildman–Crippen LogP) is 2.43. The van der Waals surface area contributed by atoms with Gasteiger partial charge in [-0.3, -0.25) is 4.79 Å². The monoisotopic (exact) mass is 300 g/mol. The Bertz CT molecular complexity index is 360. The lowest BCUT2D eigenvalue weighted by atomic mass is 10.1. The van der Waals surface area contributed by atoms with Gasteiger partial charge in [-0.2, -0.15) is 0 Å². The summed E-state index contributed by atoms with van der Waals surface area (Å²) in [7, 11) is 0. The van der Waals surface area contributed by atoms with Crippen molar-refractivity contribution in [2.75, 3.05) is 19.7 Å². The van der Waals surface area contributed by atoms with Crippen molar-refractivity contribution in [3.63, 3.8) is 0 Å². The molecule has 0 heterocycles. The first-order valence-corrected chi connectivity index (χ1v) is 6.87. The maximum atomic E-state index is 11.3. The van der Waals surface area contributed by atoms with Crippen LogP contribution >= 0.6 is 12.4 Å². The summed E-state index contributed by atoms with van der Waals surface area (Å²) >= 11 is 0. The standard InChI is InChI=1S/C15H24N2O2.ClH/c1-13(14-7-3-2-4-8-14)19-12-6-11-17-15(18)9-5-10-16;/h2-4,7-8,13H,5-6,9-12,16H2,1H3,(H,17,18);1H. The average molecular weight is 301 g/mol. The molecular weight excluding hydrogens is 276 g/mol. The van der Waals surface area contributed by atoms with Gasteiger partial charge < -0.3 is 15.8 Å². The Balaban J connectivity index is 0.00000361. The topological polar surface area (TPSA) is 64.3 Å². The molecule has 20 heavy (non-hydrogen) atoms. The number of nitrogens with one attached hydrogen (secondary N) is 1. The van der Waals surface area contributed by atoms with Gasteiger partial charge in [0.1, 0.15) is 0 Å². The molecule has 5 heteroatoms.